The van der Waals surface area contributed by atoms with E-state index in [-0.39, 0.29) is 5.84 Å². The minimum absolute atomic E-state index is 0.0577. The van der Waals surface area contributed by atoms with Gasteiger partial charge in [0.05, 0.1) is 6.10 Å². The van der Waals surface area contributed by atoms with E-state index in [1.807, 2.05) is 0 Å². The molecular formula is C11H16N2O2S. The first-order chi connectivity index (χ1) is 7.56. The van der Waals surface area contributed by atoms with E-state index in [9.17, 15) is 10.2 Å². The van der Waals surface area contributed by atoms with Crippen LogP contribution in [0, 0.1) is 5.41 Å². The van der Waals surface area contributed by atoms with Gasteiger partial charge in [-0.3, -0.25) is 5.41 Å². The molecule has 0 aliphatic heterocycles. The molecule has 0 fully saturated rings. The normalized spacial score (nSPS) is 14.4. The first-order valence-electron chi connectivity index (χ1n) is 4.97. The third kappa shape index (κ3) is 3.23. The van der Waals surface area contributed by atoms with Crippen molar-refractivity contribution < 1.29 is 10.2 Å². The molecule has 2 atom stereocenters. The summed E-state index contributed by atoms with van der Waals surface area (Å²) in [5.41, 5.74) is 6.44. The third-order valence-electron chi connectivity index (χ3n) is 2.33. The van der Waals surface area contributed by atoms with Crippen LogP contribution >= 0.6 is 12.6 Å². The summed E-state index contributed by atoms with van der Waals surface area (Å²) < 4.78 is 0. The van der Waals surface area contributed by atoms with Gasteiger partial charge in [-0.1, -0.05) is 18.2 Å². The topological polar surface area (TPSA) is 90.3 Å². The Labute approximate surface area is 100 Å². The summed E-state index contributed by atoms with van der Waals surface area (Å²) in [6, 6.07) is 6.68. The van der Waals surface area contributed by atoms with E-state index in [1.165, 1.54) is 0 Å². The number of benzene rings is 1. The summed E-state index contributed by atoms with van der Waals surface area (Å²) in [4.78, 5) is 0. The van der Waals surface area contributed by atoms with Gasteiger partial charge in [0.15, 0.2) is 0 Å². The van der Waals surface area contributed by atoms with Crippen molar-refractivity contribution in [2.24, 2.45) is 5.73 Å². The zero-order chi connectivity index (χ0) is 12.1. The first kappa shape index (κ1) is 13.0. The Bertz CT molecular complexity index is 371. The number of hydrogen-bond donors (Lipinski definition) is 5. The highest BCUT2D eigenvalue weighted by Crippen LogP contribution is 2.20. The molecular weight excluding hydrogens is 224 g/mol. The summed E-state index contributed by atoms with van der Waals surface area (Å²) in [5.74, 6) is 0.447. The summed E-state index contributed by atoms with van der Waals surface area (Å²) in [6.45, 7) is 0. The predicted octanol–water partition coefficient (Wildman–Crippen LogP) is 0.685. The summed E-state index contributed by atoms with van der Waals surface area (Å²) in [7, 11) is 0. The zero-order valence-electron chi connectivity index (χ0n) is 8.80. The van der Waals surface area contributed by atoms with Crippen LogP contribution in [0.1, 0.15) is 23.7 Å². The summed E-state index contributed by atoms with van der Waals surface area (Å²) in [5, 5.41) is 26.7. The molecule has 5 N–H and O–H groups in total. The maximum atomic E-state index is 9.83. The fourth-order valence-electron chi connectivity index (χ4n) is 1.40. The fourth-order valence-corrected chi connectivity index (χ4v) is 1.67. The van der Waals surface area contributed by atoms with Gasteiger partial charge in [0.1, 0.15) is 11.9 Å². The van der Waals surface area contributed by atoms with Crippen molar-refractivity contribution in [3.8, 4) is 0 Å². The molecule has 0 aliphatic rings. The lowest BCUT2D eigenvalue weighted by Crippen LogP contribution is -2.19. The van der Waals surface area contributed by atoms with Gasteiger partial charge in [-0.05, 0) is 23.8 Å². The molecule has 0 heterocycles. The van der Waals surface area contributed by atoms with Gasteiger partial charge < -0.3 is 15.9 Å². The second-order valence-corrected chi connectivity index (χ2v) is 4.01. The largest absolute Gasteiger partial charge is 0.390 e. The smallest absolute Gasteiger partial charge is 0.122 e. The predicted molar refractivity (Wildman–Crippen MR) is 66.9 cm³/mol. The van der Waals surface area contributed by atoms with E-state index in [2.05, 4.69) is 12.6 Å². The highest BCUT2D eigenvalue weighted by atomic mass is 32.1. The maximum absolute atomic E-state index is 9.83. The Hall–Kier alpha value is -1.04. The van der Waals surface area contributed by atoms with E-state index >= 15 is 0 Å². The van der Waals surface area contributed by atoms with E-state index < -0.39 is 12.2 Å². The molecule has 1 aromatic rings. The Morgan fingerprint density at radius 2 is 2.12 bits per heavy atom. The Morgan fingerprint density at radius 3 is 2.69 bits per heavy atom. The molecule has 0 amide bonds. The summed E-state index contributed by atoms with van der Waals surface area (Å²) in [6.07, 6.45) is -1.40. The number of nitrogens with two attached hydrogens (primary N) is 1. The Balaban J connectivity index is 2.86. The molecule has 88 valence electrons. The van der Waals surface area contributed by atoms with Gasteiger partial charge in [0, 0.05) is 5.56 Å². The third-order valence-corrected chi connectivity index (χ3v) is 2.59. The standard InChI is InChI=1S/C11H16N2O2S/c12-11(13)8-3-1-2-7(6-8)10(15)9(14)4-5-16/h1-3,6,9-10,14-16H,4-5H2,(H3,12,13). The second-order valence-electron chi connectivity index (χ2n) is 3.56. The van der Waals surface area contributed by atoms with Crippen molar-refractivity contribution in [3.05, 3.63) is 35.4 Å². The number of nitrogen functional groups attached to an aromatic ring is 1. The monoisotopic (exact) mass is 240 g/mol. The highest BCUT2D eigenvalue weighted by molar-refractivity contribution is 7.80. The van der Waals surface area contributed by atoms with Crippen molar-refractivity contribution in [1.29, 1.82) is 5.41 Å². The molecule has 0 saturated heterocycles. The van der Waals surface area contributed by atoms with Crippen molar-refractivity contribution >= 4 is 18.5 Å². The van der Waals surface area contributed by atoms with Crippen LogP contribution < -0.4 is 5.73 Å². The molecule has 1 aromatic carbocycles. The number of amidine groups is 1. The minimum Gasteiger partial charge on any atom is -0.390 e. The first-order valence-corrected chi connectivity index (χ1v) is 5.61. The van der Waals surface area contributed by atoms with Gasteiger partial charge in [0.2, 0.25) is 0 Å². The lowest BCUT2D eigenvalue weighted by atomic mass is 10.0. The molecule has 0 radical (unpaired) electrons. The van der Waals surface area contributed by atoms with Crippen LogP contribution in [0.25, 0.3) is 0 Å². The van der Waals surface area contributed by atoms with Crippen LogP contribution in [-0.2, 0) is 0 Å². The number of thiol groups is 1. The van der Waals surface area contributed by atoms with E-state index in [0.29, 0.717) is 23.3 Å². The van der Waals surface area contributed by atoms with Crippen LogP contribution in [0.3, 0.4) is 0 Å². The van der Waals surface area contributed by atoms with Crippen LogP contribution in [0.4, 0.5) is 0 Å². The molecule has 5 heteroatoms. The second kappa shape index (κ2) is 5.89. The van der Waals surface area contributed by atoms with Gasteiger partial charge >= 0.3 is 0 Å². The van der Waals surface area contributed by atoms with Gasteiger partial charge in [-0.25, -0.2) is 0 Å². The lowest BCUT2D eigenvalue weighted by molar-refractivity contribution is 0.0172. The van der Waals surface area contributed by atoms with Crippen molar-refractivity contribution in [1.82, 2.24) is 0 Å². The number of rotatable bonds is 5. The van der Waals surface area contributed by atoms with Crippen LogP contribution in [0.5, 0.6) is 0 Å². The SMILES string of the molecule is N=C(N)c1cccc(C(O)C(O)CCS)c1. The van der Waals surface area contributed by atoms with E-state index in [1.54, 1.807) is 24.3 Å². The van der Waals surface area contributed by atoms with Crippen LogP contribution in [-0.4, -0.2) is 27.9 Å². The molecule has 2 unspecified atom stereocenters. The number of hydrogen-bond acceptors (Lipinski definition) is 4. The molecule has 0 saturated carbocycles. The van der Waals surface area contributed by atoms with Gasteiger partial charge in [-0.2, -0.15) is 12.6 Å². The number of nitrogens with one attached hydrogen (secondary N) is 1. The van der Waals surface area contributed by atoms with E-state index in [0.717, 1.165) is 0 Å². The lowest BCUT2D eigenvalue weighted by Gasteiger charge is -2.17. The minimum atomic E-state index is -0.966. The molecule has 16 heavy (non-hydrogen) atoms. The highest BCUT2D eigenvalue weighted by Gasteiger charge is 2.17. The van der Waals surface area contributed by atoms with E-state index in [4.69, 9.17) is 11.1 Å². The Morgan fingerprint density at radius 1 is 1.44 bits per heavy atom. The van der Waals surface area contributed by atoms with Crippen molar-refractivity contribution in [3.63, 3.8) is 0 Å². The van der Waals surface area contributed by atoms with Gasteiger partial charge in [0.25, 0.3) is 0 Å². The van der Waals surface area contributed by atoms with Crippen molar-refractivity contribution in [2.45, 2.75) is 18.6 Å². The average Bonchev–Trinajstić information content (AvgIpc) is 2.28. The van der Waals surface area contributed by atoms with Crippen LogP contribution in [0.2, 0.25) is 0 Å². The molecule has 1 rings (SSSR count). The molecule has 0 aromatic heterocycles. The Kier molecular flexibility index (Phi) is 4.79. The fraction of sp³-hybridized carbons (Fsp3) is 0.364. The van der Waals surface area contributed by atoms with Crippen molar-refractivity contribution in [2.75, 3.05) is 5.75 Å². The quantitative estimate of drug-likeness (QED) is 0.298. The molecule has 0 aliphatic carbocycles. The number of aliphatic hydroxyl groups excluding tert-OH is 2. The van der Waals surface area contributed by atoms with Gasteiger partial charge in [-0.15, -0.1) is 0 Å². The molecule has 0 spiro atoms. The average molecular weight is 240 g/mol. The molecule has 4 nitrogen and oxygen atoms in total. The molecule has 0 bridgehead atoms. The number of aliphatic hydroxyl groups is 2. The summed E-state index contributed by atoms with van der Waals surface area (Å²) >= 11 is 3.99. The maximum Gasteiger partial charge on any atom is 0.122 e. The van der Waals surface area contributed by atoms with Crippen LogP contribution in [0.15, 0.2) is 24.3 Å². The zero-order valence-corrected chi connectivity index (χ0v) is 9.69.